The Morgan fingerprint density at radius 3 is 2.69 bits per heavy atom. The van der Waals surface area contributed by atoms with Crippen LogP contribution in [0.2, 0.25) is 0 Å². The number of rotatable bonds is 0. The van der Waals surface area contributed by atoms with Crippen LogP contribution in [0.4, 0.5) is 0 Å². The minimum absolute atomic E-state index is 0.213. The molecule has 3 nitrogen and oxygen atoms in total. The molecule has 1 aromatic carbocycles. The number of nitrogens with zero attached hydrogens (tertiary/aromatic N) is 1. The van der Waals surface area contributed by atoms with Crippen molar-refractivity contribution < 1.29 is 0 Å². The van der Waals surface area contributed by atoms with Gasteiger partial charge in [-0.05, 0) is 12.0 Å². The highest BCUT2D eigenvalue weighted by molar-refractivity contribution is 5.85. The van der Waals surface area contributed by atoms with E-state index in [0.29, 0.717) is 16.5 Å². The Bertz CT molecular complexity index is 549. The van der Waals surface area contributed by atoms with Crippen LogP contribution in [0.3, 0.4) is 0 Å². The fourth-order valence-electron chi connectivity index (χ4n) is 1.22. The maximum atomic E-state index is 11.3. The van der Waals surface area contributed by atoms with Crippen LogP contribution in [0.5, 0.6) is 0 Å². The summed E-state index contributed by atoms with van der Waals surface area (Å²) >= 11 is 0. The van der Waals surface area contributed by atoms with E-state index in [1.807, 2.05) is 6.07 Å². The van der Waals surface area contributed by atoms with Gasteiger partial charge in [0.15, 0.2) is 0 Å². The van der Waals surface area contributed by atoms with Crippen LogP contribution in [-0.2, 0) is 0 Å². The number of hydrogen-bond acceptors (Lipinski definition) is 2. The molecule has 0 saturated heterocycles. The molecule has 0 saturated carbocycles. The van der Waals surface area contributed by atoms with E-state index in [-0.39, 0.29) is 5.56 Å². The Labute approximate surface area is 74.4 Å². The number of aromatic amines is 1. The fraction of sp³-hybridized carbons (Fsp3) is 0. The summed E-state index contributed by atoms with van der Waals surface area (Å²) in [5.74, 6) is 2.42. The lowest BCUT2D eigenvalue weighted by molar-refractivity contribution is 0.997. The van der Waals surface area contributed by atoms with Gasteiger partial charge in [-0.2, -0.15) is 5.10 Å². The van der Waals surface area contributed by atoms with Crippen molar-refractivity contribution in [1.29, 1.82) is 0 Å². The molecule has 0 bridgehead atoms. The summed E-state index contributed by atoms with van der Waals surface area (Å²) < 4.78 is 0. The second kappa shape index (κ2) is 2.76. The number of H-pyrrole nitrogens is 1. The number of fused-ring (bicyclic) bond motifs is 1. The number of aromatic nitrogens is 2. The van der Waals surface area contributed by atoms with Gasteiger partial charge in [0, 0.05) is 5.39 Å². The largest absolute Gasteiger partial charge is 0.272 e. The third-order valence-corrected chi connectivity index (χ3v) is 1.83. The van der Waals surface area contributed by atoms with Gasteiger partial charge >= 0.3 is 0 Å². The van der Waals surface area contributed by atoms with Crippen molar-refractivity contribution in [1.82, 2.24) is 10.2 Å². The second-order valence-electron chi connectivity index (χ2n) is 2.59. The molecule has 0 spiro atoms. The van der Waals surface area contributed by atoms with Crippen molar-refractivity contribution >= 4 is 10.8 Å². The monoisotopic (exact) mass is 170 g/mol. The van der Waals surface area contributed by atoms with Gasteiger partial charge in [-0.1, -0.05) is 18.2 Å². The maximum Gasteiger partial charge on any atom is 0.272 e. The molecule has 62 valence electrons. The molecular weight excluding hydrogens is 164 g/mol. The highest BCUT2D eigenvalue weighted by Crippen LogP contribution is 2.10. The average Bonchev–Trinajstić information content (AvgIpc) is 2.19. The van der Waals surface area contributed by atoms with Gasteiger partial charge < -0.3 is 0 Å². The van der Waals surface area contributed by atoms with Gasteiger partial charge in [0.2, 0.25) is 0 Å². The second-order valence-corrected chi connectivity index (χ2v) is 2.59. The number of benzene rings is 1. The average molecular weight is 170 g/mol. The first-order valence-electron chi connectivity index (χ1n) is 3.77. The van der Waals surface area contributed by atoms with E-state index in [4.69, 9.17) is 6.42 Å². The maximum absolute atomic E-state index is 11.3. The molecule has 1 aromatic heterocycles. The first kappa shape index (κ1) is 7.56. The van der Waals surface area contributed by atoms with E-state index < -0.39 is 0 Å². The number of nitrogens with one attached hydrogen (secondary N) is 1. The minimum atomic E-state index is -0.213. The van der Waals surface area contributed by atoms with Crippen molar-refractivity contribution in [3.8, 4) is 12.3 Å². The number of hydrogen-bond donors (Lipinski definition) is 1. The molecule has 0 radical (unpaired) electrons. The zero-order valence-electron chi connectivity index (χ0n) is 6.74. The third kappa shape index (κ3) is 1.09. The van der Waals surface area contributed by atoms with Crippen LogP contribution in [-0.4, -0.2) is 10.2 Å². The summed E-state index contributed by atoms with van der Waals surface area (Å²) in [6.45, 7) is 0. The van der Waals surface area contributed by atoms with Crippen molar-refractivity contribution in [3.63, 3.8) is 0 Å². The van der Waals surface area contributed by atoms with Gasteiger partial charge in [0.05, 0.1) is 5.39 Å². The zero-order valence-corrected chi connectivity index (χ0v) is 6.74. The molecule has 2 aromatic rings. The summed E-state index contributed by atoms with van der Waals surface area (Å²) in [4.78, 5) is 11.3. The van der Waals surface area contributed by atoms with E-state index in [9.17, 15) is 4.79 Å². The lowest BCUT2D eigenvalue weighted by atomic mass is 10.1. The number of terminal acetylenes is 1. The lowest BCUT2D eigenvalue weighted by Gasteiger charge is -1.96. The first-order chi connectivity index (χ1) is 6.33. The van der Waals surface area contributed by atoms with Crippen LogP contribution < -0.4 is 5.56 Å². The SMILES string of the molecule is C#Cc1n[nH]c(=O)c2ccccc12. The molecule has 0 amide bonds. The zero-order chi connectivity index (χ0) is 9.26. The Morgan fingerprint density at radius 2 is 2.00 bits per heavy atom. The van der Waals surface area contributed by atoms with E-state index in [1.165, 1.54) is 0 Å². The van der Waals surface area contributed by atoms with Gasteiger partial charge in [-0.15, -0.1) is 6.42 Å². The highest BCUT2D eigenvalue weighted by atomic mass is 16.1. The van der Waals surface area contributed by atoms with Gasteiger partial charge in [0.1, 0.15) is 5.69 Å². The lowest BCUT2D eigenvalue weighted by Crippen LogP contribution is -2.09. The third-order valence-electron chi connectivity index (χ3n) is 1.83. The van der Waals surface area contributed by atoms with Crippen LogP contribution in [0.1, 0.15) is 5.69 Å². The van der Waals surface area contributed by atoms with Gasteiger partial charge in [-0.25, -0.2) is 5.10 Å². The van der Waals surface area contributed by atoms with Crippen LogP contribution in [0.15, 0.2) is 29.1 Å². The highest BCUT2D eigenvalue weighted by Gasteiger charge is 2.01. The van der Waals surface area contributed by atoms with Crippen LogP contribution in [0, 0.1) is 12.3 Å². The molecule has 0 fully saturated rings. The molecule has 3 heteroatoms. The predicted molar refractivity (Wildman–Crippen MR) is 50.3 cm³/mol. The molecule has 0 aliphatic rings. The van der Waals surface area contributed by atoms with Gasteiger partial charge in [0.25, 0.3) is 5.56 Å². The molecule has 0 aliphatic heterocycles. The minimum Gasteiger partial charge on any atom is -0.267 e. The van der Waals surface area contributed by atoms with Crippen molar-refractivity contribution in [2.24, 2.45) is 0 Å². The van der Waals surface area contributed by atoms with Crippen molar-refractivity contribution in [2.75, 3.05) is 0 Å². The van der Waals surface area contributed by atoms with Crippen LogP contribution >= 0.6 is 0 Å². The van der Waals surface area contributed by atoms with E-state index in [2.05, 4.69) is 16.1 Å². The Kier molecular flexibility index (Phi) is 1.60. The molecule has 2 rings (SSSR count). The molecule has 0 aliphatic carbocycles. The van der Waals surface area contributed by atoms with Gasteiger partial charge in [-0.3, -0.25) is 4.79 Å². The molecule has 1 heterocycles. The topological polar surface area (TPSA) is 45.8 Å². The van der Waals surface area contributed by atoms with E-state index in [1.54, 1.807) is 18.2 Å². The van der Waals surface area contributed by atoms with Crippen LogP contribution in [0.25, 0.3) is 10.8 Å². The van der Waals surface area contributed by atoms with E-state index >= 15 is 0 Å². The molecule has 0 unspecified atom stereocenters. The standard InChI is InChI=1S/C10H6N2O/c1-2-9-7-5-3-4-6-8(7)10(13)12-11-9/h1,3-6H,(H,12,13). The quantitative estimate of drug-likeness (QED) is 0.597. The Balaban J connectivity index is 3.04. The Morgan fingerprint density at radius 1 is 1.31 bits per heavy atom. The Hall–Kier alpha value is -2.08. The normalized spacial score (nSPS) is 9.77. The first-order valence-corrected chi connectivity index (χ1v) is 3.77. The summed E-state index contributed by atoms with van der Waals surface area (Å²) in [5, 5.41) is 7.39. The van der Waals surface area contributed by atoms with Crippen molar-refractivity contribution in [2.45, 2.75) is 0 Å². The van der Waals surface area contributed by atoms with E-state index in [0.717, 1.165) is 0 Å². The summed E-state index contributed by atoms with van der Waals surface area (Å²) in [5.41, 5.74) is 0.254. The summed E-state index contributed by atoms with van der Waals surface area (Å²) in [6.07, 6.45) is 5.23. The predicted octanol–water partition coefficient (Wildman–Crippen LogP) is 0.904. The van der Waals surface area contributed by atoms with Crippen molar-refractivity contribution in [3.05, 3.63) is 40.3 Å². The summed E-state index contributed by atoms with van der Waals surface area (Å²) in [7, 11) is 0. The molecule has 1 N–H and O–H groups in total. The molecular formula is C10H6N2O. The fourth-order valence-corrected chi connectivity index (χ4v) is 1.22. The molecule has 13 heavy (non-hydrogen) atoms. The summed E-state index contributed by atoms with van der Waals surface area (Å²) in [6, 6.07) is 7.12. The smallest absolute Gasteiger partial charge is 0.267 e. The molecule has 0 atom stereocenters.